The number of nitrogens with zero attached hydrogens (tertiary/aromatic N) is 5. The summed E-state index contributed by atoms with van der Waals surface area (Å²) in [7, 11) is 2.13. The third-order valence-electron chi connectivity index (χ3n) is 6.08. The van der Waals surface area contributed by atoms with E-state index in [1.54, 1.807) is 18.3 Å². The maximum atomic E-state index is 6.35. The molecule has 0 atom stereocenters. The highest BCUT2D eigenvalue weighted by Crippen LogP contribution is 2.41. The third kappa shape index (κ3) is 4.17. The van der Waals surface area contributed by atoms with Gasteiger partial charge < -0.3 is 15.0 Å². The van der Waals surface area contributed by atoms with Gasteiger partial charge in [0.1, 0.15) is 18.1 Å². The van der Waals surface area contributed by atoms with Crippen molar-refractivity contribution in [3.05, 3.63) is 65.1 Å². The van der Waals surface area contributed by atoms with E-state index in [9.17, 15) is 0 Å². The van der Waals surface area contributed by atoms with Crippen molar-refractivity contribution in [2.24, 2.45) is 0 Å². The molecule has 1 aromatic carbocycles. The number of fused-ring (bicyclic) bond motifs is 2. The molecule has 0 unspecified atom stereocenters. The summed E-state index contributed by atoms with van der Waals surface area (Å²) in [4.78, 5) is 20.9. The topological polar surface area (TPSA) is 76.1 Å². The molecule has 0 saturated heterocycles. The Kier molecular flexibility index (Phi) is 5.83. The maximum absolute atomic E-state index is 6.35. The predicted octanol–water partition coefficient (Wildman–Crippen LogP) is 5.75. The van der Waals surface area contributed by atoms with Gasteiger partial charge in [0.15, 0.2) is 11.5 Å². The normalized spacial score (nSPS) is 14.4. The fraction of sp³-hybridized carbons (Fsp3) is 0.308. The van der Waals surface area contributed by atoms with Crippen LogP contribution in [-0.2, 0) is 16.8 Å². The summed E-state index contributed by atoms with van der Waals surface area (Å²) in [5.41, 5.74) is 5.51. The molecule has 0 saturated carbocycles. The number of hydrogen-bond acceptors (Lipinski definition) is 7. The minimum atomic E-state index is 0.127. The molecule has 34 heavy (non-hydrogen) atoms. The van der Waals surface area contributed by atoms with E-state index in [2.05, 4.69) is 59.3 Å². The number of nitrogens with one attached hydrogen (secondary N) is 1. The fourth-order valence-corrected chi connectivity index (χ4v) is 4.73. The molecule has 4 heterocycles. The van der Waals surface area contributed by atoms with Gasteiger partial charge in [-0.1, -0.05) is 31.5 Å². The second-order valence-electron chi connectivity index (χ2n) is 9.12. The Morgan fingerprint density at radius 2 is 1.97 bits per heavy atom. The van der Waals surface area contributed by atoms with E-state index in [4.69, 9.17) is 26.3 Å². The summed E-state index contributed by atoms with van der Waals surface area (Å²) in [6, 6.07) is 13.9. The second-order valence-corrected chi connectivity index (χ2v) is 9.53. The first-order valence-corrected chi connectivity index (χ1v) is 11.7. The standard InChI is InChI=1S/C26H27ClN6O/c1-5-34-14-22-31-24(29-16-8-10-18-21(13-16)33(4)15-26(18,2)3)17-9-11-20(30-25(17)32-22)23-19(27)7-6-12-28-23/h6-13H,5,14-15H2,1-4H3,(H,29,30,31,32). The van der Waals surface area contributed by atoms with Crippen LogP contribution in [0.15, 0.2) is 48.7 Å². The Hall–Kier alpha value is -3.29. The quantitative estimate of drug-likeness (QED) is 0.381. The molecule has 4 aromatic rings. The molecular formula is C26H27ClN6O. The Labute approximate surface area is 204 Å². The largest absolute Gasteiger partial charge is 0.374 e. The Morgan fingerprint density at radius 3 is 2.76 bits per heavy atom. The van der Waals surface area contributed by atoms with Gasteiger partial charge in [0, 0.05) is 43.2 Å². The molecule has 174 valence electrons. The first-order chi connectivity index (χ1) is 16.4. The summed E-state index contributed by atoms with van der Waals surface area (Å²) in [5.74, 6) is 1.25. The van der Waals surface area contributed by atoms with Crippen LogP contribution in [0, 0.1) is 0 Å². The third-order valence-corrected chi connectivity index (χ3v) is 6.38. The predicted molar refractivity (Wildman–Crippen MR) is 137 cm³/mol. The van der Waals surface area contributed by atoms with Crippen LogP contribution < -0.4 is 10.2 Å². The molecule has 0 spiro atoms. The van der Waals surface area contributed by atoms with Crippen LogP contribution >= 0.6 is 11.6 Å². The van der Waals surface area contributed by atoms with E-state index >= 15 is 0 Å². The molecule has 0 aliphatic carbocycles. The second kappa shape index (κ2) is 8.81. The summed E-state index contributed by atoms with van der Waals surface area (Å²) in [6.07, 6.45) is 1.70. The van der Waals surface area contributed by atoms with E-state index in [1.165, 1.54) is 11.3 Å². The monoisotopic (exact) mass is 474 g/mol. The summed E-state index contributed by atoms with van der Waals surface area (Å²) < 4.78 is 5.58. The van der Waals surface area contributed by atoms with Gasteiger partial charge in [0.05, 0.1) is 16.1 Å². The maximum Gasteiger partial charge on any atom is 0.165 e. The zero-order valence-corrected chi connectivity index (χ0v) is 20.5. The number of rotatable bonds is 6. The Balaban J connectivity index is 1.57. The van der Waals surface area contributed by atoms with Crippen LogP contribution in [0.25, 0.3) is 22.4 Å². The van der Waals surface area contributed by atoms with Crippen molar-refractivity contribution in [3.8, 4) is 11.4 Å². The molecule has 1 aliphatic rings. The number of anilines is 3. The molecule has 7 nitrogen and oxygen atoms in total. The summed E-state index contributed by atoms with van der Waals surface area (Å²) in [5, 5.41) is 4.85. The van der Waals surface area contributed by atoms with E-state index in [-0.39, 0.29) is 5.41 Å². The Bertz CT molecular complexity index is 1370. The lowest BCUT2D eigenvalue weighted by atomic mass is 9.87. The van der Waals surface area contributed by atoms with E-state index < -0.39 is 0 Å². The molecular weight excluding hydrogens is 448 g/mol. The van der Waals surface area contributed by atoms with Crippen molar-refractivity contribution in [3.63, 3.8) is 0 Å². The minimum Gasteiger partial charge on any atom is -0.374 e. The van der Waals surface area contributed by atoms with Gasteiger partial charge >= 0.3 is 0 Å². The number of benzene rings is 1. The van der Waals surface area contributed by atoms with Crippen LogP contribution in [0.2, 0.25) is 5.02 Å². The number of ether oxygens (including phenoxy) is 1. The number of halogens is 1. The van der Waals surface area contributed by atoms with Crippen molar-refractivity contribution >= 4 is 39.8 Å². The Morgan fingerprint density at radius 1 is 1.12 bits per heavy atom. The molecule has 1 N–H and O–H groups in total. The van der Waals surface area contributed by atoms with Crippen LogP contribution in [0.3, 0.4) is 0 Å². The molecule has 0 amide bonds. The average Bonchev–Trinajstić information content (AvgIpc) is 3.05. The first kappa shape index (κ1) is 22.5. The summed E-state index contributed by atoms with van der Waals surface area (Å²) >= 11 is 6.35. The summed E-state index contributed by atoms with van der Waals surface area (Å²) in [6.45, 7) is 8.37. The first-order valence-electron chi connectivity index (χ1n) is 11.3. The van der Waals surface area contributed by atoms with Gasteiger partial charge in [-0.05, 0) is 48.9 Å². The van der Waals surface area contributed by atoms with Crippen LogP contribution in [-0.4, -0.2) is 40.1 Å². The van der Waals surface area contributed by atoms with E-state index in [1.807, 2.05) is 19.1 Å². The van der Waals surface area contributed by atoms with Crippen LogP contribution in [0.4, 0.5) is 17.2 Å². The van der Waals surface area contributed by atoms with Crippen molar-refractivity contribution in [2.75, 3.05) is 30.4 Å². The molecule has 8 heteroatoms. The highest BCUT2D eigenvalue weighted by atomic mass is 35.5. The molecule has 3 aromatic heterocycles. The zero-order chi connectivity index (χ0) is 23.9. The van der Waals surface area contributed by atoms with Crippen molar-refractivity contribution in [1.82, 2.24) is 19.9 Å². The highest BCUT2D eigenvalue weighted by Gasteiger charge is 2.33. The SMILES string of the molecule is CCOCc1nc(Nc2ccc3c(c2)N(C)CC3(C)C)c2ccc(-c3ncccc3Cl)nc2n1. The van der Waals surface area contributed by atoms with Gasteiger partial charge in [-0.3, -0.25) is 4.98 Å². The number of pyridine rings is 2. The lowest BCUT2D eigenvalue weighted by Crippen LogP contribution is -2.24. The lowest BCUT2D eigenvalue weighted by molar-refractivity contribution is 0.128. The van der Waals surface area contributed by atoms with Gasteiger partial charge in [-0.25, -0.2) is 15.0 Å². The van der Waals surface area contributed by atoms with Gasteiger partial charge in [-0.15, -0.1) is 0 Å². The lowest BCUT2D eigenvalue weighted by Gasteiger charge is -2.18. The molecule has 5 rings (SSSR count). The number of likely N-dealkylation sites (N-methyl/N-ethyl adjacent to an activating group) is 1. The van der Waals surface area contributed by atoms with E-state index in [0.717, 1.165) is 17.6 Å². The molecule has 0 radical (unpaired) electrons. The highest BCUT2D eigenvalue weighted by molar-refractivity contribution is 6.32. The smallest absolute Gasteiger partial charge is 0.165 e. The fourth-order valence-electron chi connectivity index (χ4n) is 4.51. The van der Waals surface area contributed by atoms with Gasteiger partial charge in [0.2, 0.25) is 0 Å². The molecule has 0 fully saturated rings. The van der Waals surface area contributed by atoms with Gasteiger partial charge in [-0.2, -0.15) is 0 Å². The number of hydrogen-bond donors (Lipinski definition) is 1. The minimum absolute atomic E-state index is 0.127. The van der Waals surface area contributed by atoms with E-state index in [0.29, 0.717) is 46.9 Å². The average molecular weight is 475 g/mol. The van der Waals surface area contributed by atoms with Crippen LogP contribution in [0.1, 0.15) is 32.2 Å². The number of aromatic nitrogens is 4. The van der Waals surface area contributed by atoms with Crippen molar-refractivity contribution < 1.29 is 4.74 Å². The van der Waals surface area contributed by atoms with Crippen LogP contribution in [0.5, 0.6) is 0 Å². The van der Waals surface area contributed by atoms with Crippen molar-refractivity contribution in [1.29, 1.82) is 0 Å². The zero-order valence-electron chi connectivity index (χ0n) is 19.8. The molecule has 1 aliphatic heterocycles. The van der Waals surface area contributed by atoms with Crippen molar-refractivity contribution in [2.45, 2.75) is 32.8 Å². The van der Waals surface area contributed by atoms with Gasteiger partial charge in [0.25, 0.3) is 0 Å². The molecule has 0 bridgehead atoms.